The van der Waals surface area contributed by atoms with Crippen molar-refractivity contribution in [3.63, 3.8) is 0 Å². The van der Waals surface area contributed by atoms with Crippen molar-refractivity contribution in [2.75, 3.05) is 72.6 Å². The molecule has 1 aromatic rings. The van der Waals surface area contributed by atoms with Crippen molar-refractivity contribution in [1.29, 1.82) is 0 Å². The van der Waals surface area contributed by atoms with Crippen molar-refractivity contribution in [3.8, 4) is 0 Å². The molecule has 0 amide bonds. The Morgan fingerprint density at radius 3 is 2.47 bits per heavy atom. The minimum atomic E-state index is -0.0902. The number of hydrogen-bond donors (Lipinski definition) is 1. The molecule has 0 saturated carbocycles. The van der Waals surface area contributed by atoms with E-state index in [9.17, 15) is 4.39 Å². The number of nitrogens with zero attached hydrogens (tertiary/aromatic N) is 4. The molecule has 4 rings (SSSR count). The molecule has 1 aromatic carbocycles. The Morgan fingerprint density at radius 2 is 1.75 bits per heavy atom. The molecular weight excluding hydrogens is 520 g/mol. The summed E-state index contributed by atoms with van der Waals surface area (Å²) in [7, 11) is 1.90. The van der Waals surface area contributed by atoms with Gasteiger partial charge in [0.1, 0.15) is 5.82 Å². The number of aliphatic imine (C=N–C) groups is 1. The van der Waals surface area contributed by atoms with Crippen LogP contribution in [-0.2, 0) is 11.3 Å². The number of hydrogen-bond acceptors (Lipinski definition) is 4. The standard InChI is InChI=1S/C24H38FN5O.HI/c1-26-24(30-11-8-21(18-30)17-29-12-14-31-15-13-29)27-16-20-6-9-28(10-7-20)19-22-4-2-3-5-23(22)25;/h2-5,20-21H,6-19H2,1H3,(H,26,27);1H. The van der Waals surface area contributed by atoms with Crippen LogP contribution in [0.1, 0.15) is 24.8 Å². The highest BCUT2D eigenvalue weighted by Gasteiger charge is 2.28. The van der Waals surface area contributed by atoms with E-state index in [1.807, 2.05) is 19.2 Å². The van der Waals surface area contributed by atoms with Gasteiger partial charge < -0.3 is 15.0 Å². The van der Waals surface area contributed by atoms with Gasteiger partial charge in [0, 0.05) is 58.4 Å². The monoisotopic (exact) mass is 559 g/mol. The maximum absolute atomic E-state index is 13.9. The summed E-state index contributed by atoms with van der Waals surface area (Å²) < 4.78 is 19.4. The van der Waals surface area contributed by atoms with Crippen LogP contribution >= 0.6 is 24.0 Å². The van der Waals surface area contributed by atoms with Gasteiger partial charge in [0.05, 0.1) is 13.2 Å². The van der Waals surface area contributed by atoms with Crippen molar-refractivity contribution in [2.24, 2.45) is 16.8 Å². The molecule has 32 heavy (non-hydrogen) atoms. The maximum Gasteiger partial charge on any atom is 0.193 e. The third kappa shape index (κ3) is 7.27. The molecule has 3 saturated heterocycles. The molecular formula is C24H39FIN5O. The van der Waals surface area contributed by atoms with E-state index in [-0.39, 0.29) is 29.8 Å². The van der Waals surface area contributed by atoms with Crippen LogP contribution in [0.5, 0.6) is 0 Å². The molecule has 1 N–H and O–H groups in total. The average Bonchev–Trinajstić information content (AvgIpc) is 3.26. The summed E-state index contributed by atoms with van der Waals surface area (Å²) in [4.78, 5) is 11.9. The lowest BCUT2D eigenvalue weighted by Gasteiger charge is -2.33. The van der Waals surface area contributed by atoms with Gasteiger partial charge in [-0.05, 0) is 50.3 Å². The van der Waals surface area contributed by atoms with Gasteiger partial charge in [0.15, 0.2) is 5.96 Å². The molecule has 6 nitrogen and oxygen atoms in total. The number of piperidine rings is 1. The van der Waals surface area contributed by atoms with E-state index in [2.05, 4.69) is 25.0 Å². The van der Waals surface area contributed by atoms with E-state index in [1.165, 1.54) is 13.0 Å². The van der Waals surface area contributed by atoms with Crippen molar-refractivity contribution in [1.82, 2.24) is 20.0 Å². The first-order valence-electron chi connectivity index (χ1n) is 11.9. The van der Waals surface area contributed by atoms with Crippen LogP contribution < -0.4 is 5.32 Å². The van der Waals surface area contributed by atoms with Crippen LogP contribution in [0, 0.1) is 17.7 Å². The number of halogens is 2. The largest absolute Gasteiger partial charge is 0.379 e. The molecule has 3 heterocycles. The Morgan fingerprint density at radius 1 is 1.03 bits per heavy atom. The summed E-state index contributed by atoms with van der Waals surface area (Å²) in [6.07, 6.45) is 3.54. The van der Waals surface area contributed by atoms with Crippen LogP contribution in [0.2, 0.25) is 0 Å². The lowest BCUT2D eigenvalue weighted by atomic mass is 9.96. The number of morpholine rings is 1. The molecule has 0 bridgehead atoms. The van der Waals surface area contributed by atoms with Crippen LogP contribution in [0.3, 0.4) is 0 Å². The van der Waals surface area contributed by atoms with E-state index >= 15 is 0 Å². The zero-order valence-corrected chi connectivity index (χ0v) is 21.7. The topological polar surface area (TPSA) is 43.3 Å². The lowest BCUT2D eigenvalue weighted by molar-refractivity contribution is 0.0315. The number of nitrogens with one attached hydrogen (secondary N) is 1. The van der Waals surface area contributed by atoms with Gasteiger partial charge in [0.2, 0.25) is 0 Å². The second kappa shape index (κ2) is 13.1. The second-order valence-corrected chi connectivity index (χ2v) is 9.25. The maximum atomic E-state index is 13.9. The highest BCUT2D eigenvalue weighted by Crippen LogP contribution is 2.21. The molecule has 3 aliphatic rings. The summed E-state index contributed by atoms with van der Waals surface area (Å²) in [5, 5.41) is 3.64. The number of benzene rings is 1. The number of ether oxygens (including phenoxy) is 1. The fourth-order valence-corrected chi connectivity index (χ4v) is 5.11. The van der Waals surface area contributed by atoms with Crippen molar-refractivity contribution < 1.29 is 9.13 Å². The van der Waals surface area contributed by atoms with Gasteiger partial charge in [-0.3, -0.25) is 14.8 Å². The molecule has 0 aliphatic carbocycles. The quantitative estimate of drug-likeness (QED) is 0.330. The van der Waals surface area contributed by atoms with E-state index in [0.29, 0.717) is 12.5 Å². The van der Waals surface area contributed by atoms with E-state index in [0.717, 1.165) is 89.3 Å². The van der Waals surface area contributed by atoms with Crippen LogP contribution in [-0.4, -0.2) is 93.3 Å². The number of likely N-dealkylation sites (tertiary alicyclic amines) is 2. The Labute approximate surface area is 209 Å². The molecule has 180 valence electrons. The second-order valence-electron chi connectivity index (χ2n) is 9.25. The highest BCUT2D eigenvalue weighted by atomic mass is 127. The first kappa shape index (κ1) is 25.6. The van der Waals surface area contributed by atoms with Crippen molar-refractivity contribution >= 4 is 29.9 Å². The summed E-state index contributed by atoms with van der Waals surface area (Å²) in [6, 6.07) is 7.14. The van der Waals surface area contributed by atoms with Gasteiger partial charge >= 0.3 is 0 Å². The average molecular weight is 560 g/mol. The molecule has 1 unspecified atom stereocenters. The van der Waals surface area contributed by atoms with Gasteiger partial charge in [-0.1, -0.05) is 18.2 Å². The Bertz CT molecular complexity index is 722. The minimum Gasteiger partial charge on any atom is -0.379 e. The predicted octanol–water partition coefficient (Wildman–Crippen LogP) is 2.89. The predicted molar refractivity (Wildman–Crippen MR) is 138 cm³/mol. The van der Waals surface area contributed by atoms with E-state index < -0.39 is 0 Å². The molecule has 8 heteroatoms. The number of guanidine groups is 1. The molecule has 0 spiro atoms. The van der Waals surface area contributed by atoms with Crippen molar-refractivity contribution in [2.45, 2.75) is 25.8 Å². The fourth-order valence-electron chi connectivity index (χ4n) is 5.11. The van der Waals surface area contributed by atoms with Gasteiger partial charge in [0.25, 0.3) is 0 Å². The van der Waals surface area contributed by atoms with Crippen LogP contribution in [0.4, 0.5) is 4.39 Å². The van der Waals surface area contributed by atoms with Gasteiger partial charge in [-0.2, -0.15) is 0 Å². The molecule has 0 aromatic heterocycles. The first-order chi connectivity index (χ1) is 15.2. The smallest absolute Gasteiger partial charge is 0.193 e. The van der Waals surface area contributed by atoms with Gasteiger partial charge in [-0.25, -0.2) is 4.39 Å². The molecule has 3 fully saturated rings. The lowest BCUT2D eigenvalue weighted by Crippen LogP contribution is -2.45. The minimum absolute atomic E-state index is 0. The van der Waals surface area contributed by atoms with Crippen LogP contribution in [0.25, 0.3) is 0 Å². The SMILES string of the molecule is CN=C(NCC1CCN(Cc2ccccc2F)CC1)N1CCC(CN2CCOCC2)C1.I. The third-order valence-electron chi connectivity index (χ3n) is 7.03. The molecule has 3 aliphatic heterocycles. The zero-order valence-electron chi connectivity index (χ0n) is 19.3. The Balaban J connectivity index is 0.00000289. The van der Waals surface area contributed by atoms with Crippen LogP contribution in [0.15, 0.2) is 29.3 Å². The third-order valence-corrected chi connectivity index (χ3v) is 7.03. The summed E-state index contributed by atoms with van der Waals surface area (Å²) >= 11 is 0. The summed E-state index contributed by atoms with van der Waals surface area (Å²) in [6.45, 7) is 11.0. The number of rotatable bonds is 6. The fraction of sp³-hybridized carbons (Fsp3) is 0.708. The molecule has 0 radical (unpaired) electrons. The first-order valence-corrected chi connectivity index (χ1v) is 11.9. The Hall–Kier alpha value is -0.970. The normalized spacial score (nSPS) is 23.9. The van der Waals surface area contributed by atoms with Gasteiger partial charge in [-0.15, -0.1) is 24.0 Å². The zero-order chi connectivity index (χ0) is 21.5. The van der Waals surface area contributed by atoms with E-state index in [4.69, 9.17) is 4.74 Å². The Kier molecular flexibility index (Phi) is 10.5. The summed E-state index contributed by atoms with van der Waals surface area (Å²) in [5.74, 6) is 2.34. The highest BCUT2D eigenvalue weighted by molar-refractivity contribution is 14.0. The summed E-state index contributed by atoms with van der Waals surface area (Å²) in [5.41, 5.74) is 0.806. The molecule has 1 atom stereocenters. The van der Waals surface area contributed by atoms with E-state index in [1.54, 1.807) is 12.1 Å². The van der Waals surface area contributed by atoms with Crippen molar-refractivity contribution in [3.05, 3.63) is 35.6 Å².